The van der Waals surface area contributed by atoms with Crippen molar-refractivity contribution in [1.82, 2.24) is 19.5 Å². The van der Waals surface area contributed by atoms with E-state index < -0.39 is 5.95 Å². The molecule has 0 aliphatic carbocycles. The van der Waals surface area contributed by atoms with Crippen LogP contribution in [0.5, 0.6) is 0 Å². The summed E-state index contributed by atoms with van der Waals surface area (Å²) in [4.78, 5) is 11.2. The van der Waals surface area contributed by atoms with Gasteiger partial charge < -0.3 is 4.42 Å². The van der Waals surface area contributed by atoms with Crippen LogP contribution < -0.4 is 0 Å². The van der Waals surface area contributed by atoms with E-state index in [0.717, 1.165) is 6.33 Å². The van der Waals surface area contributed by atoms with Gasteiger partial charge >= 0.3 is 0 Å². The summed E-state index contributed by atoms with van der Waals surface area (Å²) < 4.78 is 19.9. The number of furan rings is 1. The van der Waals surface area contributed by atoms with Gasteiger partial charge in [-0.1, -0.05) is 0 Å². The largest absolute Gasteiger partial charge is 0.448 e. The molecule has 6 heteroatoms. The highest BCUT2D eigenvalue weighted by atomic mass is 19.1. The number of halogens is 1. The third kappa shape index (κ3) is 1.11. The molecule has 0 bridgehead atoms. The first kappa shape index (κ1) is 8.10. The van der Waals surface area contributed by atoms with E-state index in [-0.39, 0.29) is 5.52 Å². The molecular formula is C9H5FN4O. The molecule has 74 valence electrons. The van der Waals surface area contributed by atoms with Gasteiger partial charge in [0.1, 0.15) is 12.7 Å². The molecule has 3 aromatic heterocycles. The van der Waals surface area contributed by atoms with Crippen LogP contribution in [0.25, 0.3) is 17.0 Å². The molecule has 3 heterocycles. The minimum absolute atomic E-state index is 0.133. The molecule has 0 aliphatic rings. The van der Waals surface area contributed by atoms with Gasteiger partial charge in [-0.05, 0) is 6.07 Å². The summed E-state index contributed by atoms with van der Waals surface area (Å²) in [6.07, 6.45) is 4.12. The van der Waals surface area contributed by atoms with Crippen LogP contribution in [-0.2, 0) is 0 Å². The lowest BCUT2D eigenvalue weighted by atomic mass is 10.5. The molecule has 15 heavy (non-hydrogen) atoms. The lowest BCUT2D eigenvalue weighted by Gasteiger charge is -1.96. The van der Waals surface area contributed by atoms with Crippen LogP contribution in [0.2, 0.25) is 0 Å². The van der Waals surface area contributed by atoms with E-state index in [1.54, 1.807) is 16.7 Å². The van der Waals surface area contributed by atoms with Crippen molar-refractivity contribution >= 4 is 11.2 Å². The predicted molar refractivity (Wildman–Crippen MR) is 48.9 cm³/mol. The number of imidazole rings is 1. The highest BCUT2D eigenvalue weighted by molar-refractivity contribution is 5.71. The second-order valence-corrected chi connectivity index (χ2v) is 2.90. The maximum absolute atomic E-state index is 13.2. The Bertz CT molecular complexity index is 602. The summed E-state index contributed by atoms with van der Waals surface area (Å²) >= 11 is 0. The van der Waals surface area contributed by atoms with Crippen LogP contribution in [0.4, 0.5) is 4.39 Å². The number of aromatic nitrogens is 4. The van der Waals surface area contributed by atoms with E-state index >= 15 is 0 Å². The van der Waals surface area contributed by atoms with Crippen molar-refractivity contribution < 1.29 is 8.81 Å². The highest BCUT2D eigenvalue weighted by Crippen LogP contribution is 2.16. The maximum atomic E-state index is 13.2. The van der Waals surface area contributed by atoms with Crippen LogP contribution in [-0.4, -0.2) is 19.5 Å². The molecule has 0 fully saturated rings. The molecule has 0 radical (unpaired) electrons. The molecule has 0 aliphatic heterocycles. The monoisotopic (exact) mass is 204 g/mol. The zero-order chi connectivity index (χ0) is 10.3. The third-order valence-electron chi connectivity index (χ3n) is 2.03. The van der Waals surface area contributed by atoms with Crippen LogP contribution in [0.3, 0.4) is 0 Å². The molecule has 0 saturated carbocycles. The highest BCUT2D eigenvalue weighted by Gasteiger charge is 2.11. The first-order valence-electron chi connectivity index (χ1n) is 4.23. The van der Waals surface area contributed by atoms with E-state index in [0.29, 0.717) is 11.5 Å². The average molecular weight is 204 g/mol. The molecule has 5 nitrogen and oxygen atoms in total. The van der Waals surface area contributed by atoms with Gasteiger partial charge in [0.2, 0.25) is 11.8 Å². The number of fused-ring (bicyclic) bond motifs is 1. The quantitative estimate of drug-likeness (QED) is 0.564. The van der Waals surface area contributed by atoms with Crippen molar-refractivity contribution in [2.24, 2.45) is 0 Å². The molecule has 0 spiro atoms. The Kier molecular flexibility index (Phi) is 1.55. The van der Waals surface area contributed by atoms with Crippen molar-refractivity contribution in [3.05, 3.63) is 37.0 Å². The lowest BCUT2D eigenvalue weighted by Crippen LogP contribution is -1.93. The van der Waals surface area contributed by atoms with Gasteiger partial charge in [0.05, 0.1) is 6.26 Å². The topological polar surface area (TPSA) is 56.7 Å². The molecular weight excluding hydrogens is 199 g/mol. The van der Waals surface area contributed by atoms with Crippen LogP contribution in [0.1, 0.15) is 0 Å². The average Bonchev–Trinajstić information content (AvgIpc) is 2.85. The maximum Gasteiger partial charge on any atom is 0.244 e. The Morgan fingerprint density at radius 2 is 2.20 bits per heavy atom. The summed E-state index contributed by atoms with van der Waals surface area (Å²) in [6.45, 7) is 0. The molecule has 3 aromatic rings. The second-order valence-electron chi connectivity index (χ2n) is 2.90. The molecule has 0 saturated heterocycles. The number of hydrogen-bond donors (Lipinski definition) is 0. The summed E-state index contributed by atoms with van der Waals surface area (Å²) in [6, 6.07) is 3.47. The third-order valence-corrected chi connectivity index (χ3v) is 2.03. The zero-order valence-corrected chi connectivity index (χ0v) is 7.46. The number of hydrogen-bond acceptors (Lipinski definition) is 4. The van der Waals surface area contributed by atoms with Gasteiger partial charge in [-0.3, -0.25) is 4.57 Å². The first-order valence-corrected chi connectivity index (χ1v) is 4.23. The van der Waals surface area contributed by atoms with Crippen LogP contribution in [0.15, 0.2) is 35.5 Å². The van der Waals surface area contributed by atoms with Crippen molar-refractivity contribution in [1.29, 1.82) is 0 Å². The molecule has 0 N–H and O–H groups in total. The molecule has 3 rings (SSSR count). The summed E-state index contributed by atoms with van der Waals surface area (Å²) in [5, 5.41) is 0. The van der Waals surface area contributed by atoms with Gasteiger partial charge in [-0.2, -0.15) is 4.39 Å². The summed E-state index contributed by atoms with van der Waals surface area (Å²) in [5.41, 5.74) is 0.520. The second kappa shape index (κ2) is 2.88. The Morgan fingerprint density at radius 3 is 3.00 bits per heavy atom. The van der Waals surface area contributed by atoms with Crippen molar-refractivity contribution in [3.63, 3.8) is 0 Å². The molecule has 0 atom stereocenters. The van der Waals surface area contributed by atoms with Gasteiger partial charge in [-0.15, -0.1) is 0 Å². The predicted octanol–water partition coefficient (Wildman–Crippen LogP) is 1.55. The van der Waals surface area contributed by atoms with Gasteiger partial charge in [0, 0.05) is 6.07 Å². The first-order chi connectivity index (χ1) is 7.36. The van der Waals surface area contributed by atoms with Crippen molar-refractivity contribution in [2.45, 2.75) is 0 Å². The normalized spacial score (nSPS) is 11.0. The smallest absolute Gasteiger partial charge is 0.244 e. The van der Waals surface area contributed by atoms with Gasteiger partial charge in [-0.25, -0.2) is 15.0 Å². The van der Waals surface area contributed by atoms with Crippen molar-refractivity contribution in [2.75, 3.05) is 0 Å². The fourth-order valence-corrected chi connectivity index (χ4v) is 1.37. The fourth-order valence-electron chi connectivity index (χ4n) is 1.37. The molecule has 0 unspecified atom stereocenters. The van der Waals surface area contributed by atoms with E-state index in [2.05, 4.69) is 15.0 Å². The Labute approximate surface area is 83.2 Å². The Balaban J connectivity index is 2.34. The SMILES string of the molecule is Fc1ncnc2c1ncn2-c1ccco1. The van der Waals surface area contributed by atoms with E-state index in [1.165, 1.54) is 12.6 Å². The number of rotatable bonds is 1. The van der Waals surface area contributed by atoms with Crippen LogP contribution in [0, 0.1) is 5.95 Å². The summed E-state index contributed by atoms with van der Waals surface area (Å²) in [5.74, 6) is -0.0964. The van der Waals surface area contributed by atoms with E-state index in [4.69, 9.17) is 4.42 Å². The molecule has 0 amide bonds. The minimum Gasteiger partial charge on any atom is -0.448 e. The molecule has 0 aromatic carbocycles. The van der Waals surface area contributed by atoms with Gasteiger partial charge in [0.25, 0.3) is 0 Å². The zero-order valence-electron chi connectivity index (χ0n) is 7.46. The Hall–Kier alpha value is -2.24. The Morgan fingerprint density at radius 1 is 1.27 bits per heavy atom. The lowest BCUT2D eigenvalue weighted by molar-refractivity contribution is 0.541. The van der Waals surface area contributed by atoms with Crippen LogP contribution >= 0.6 is 0 Å². The number of nitrogens with zero attached hydrogens (tertiary/aromatic N) is 4. The van der Waals surface area contributed by atoms with Crippen molar-refractivity contribution in [3.8, 4) is 5.88 Å². The standard InChI is InChI=1S/C9H5FN4O/c10-8-7-9(12-4-11-8)14(5-13-7)6-2-1-3-15-6/h1-5H. The van der Waals surface area contributed by atoms with Gasteiger partial charge in [0.15, 0.2) is 11.2 Å². The minimum atomic E-state index is -0.634. The summed E-state index contributed by atoms with van der Waals surface area (Å²) in [7, 11) is 0. The van der Waals surface area contributed by atoms with E-state index in [1.807, 2.05) is 0 Å². The van der Waals surface area contributed by atoms with E-state index in [9.17, 15) is 4.39 Å². The fraction of sp³-hybridized carbons (Fsp3) is 0.